The number of H-pyrrole nitrogens is 1. The van der Waals surface area contributed by atoms with Crippen LogP contribution in [0.5, 0.6) is 0 Å². The first-order valence-corrected chi connectivity index (χ1v) is 7.63. The van der Waals surface area contributed by atoms with Crippen molar-refractivity contribution in [1.82, 2.24) is 10.3 Å². The summed E-state index contributed by atoms with van der Waals surface area (Å²) in [6.45, 7) is 8.16. The molecule has 1 aromatic rings. The zero-order valence-electron chi connectivity index (χ0n) is 13.0. The highest BCUT2D eigenvalue weighted by molar-refractivity contribution is 5.94. The van der Waals surface area contributed by atoms with Crippen LogP contribution in [0.25, 0.3) is 0 Å². The number of pyridine rings is 1. The number of rotatable bonds is 7. The highest BCUT2D eigenvalue weighted by atomic mass is 16.2. The molecule has 0 saturated carbocycles. The van der Waals surface area contributed by atoms with Crippen LogP contribution in [0.3, 0.4) is 0 Å². The van der Waals surface area contributed by atoms with Gasteiger partial charge in [0.1, 0.15) is 5.56 Å². The largest absolute Gasteiger partial charge is 0.349 e. The molecule has 0 unspecified atom stereocenters. The predicted octanol–water partition coefficient (Wildman–Crippen LogP) is 2.81. The van der Waals surface area contributed by atoms with Crippen LogP contribution in [0.2, 0.25) is 0 Å². The molecule has 0 fully saturated rings. The van der Waals surface area contributed by atoms with Crippen LogP contribution in [0, 0.1) is 0 Å². The van der Waals surface area contributed by atoms with Gasteiger partial charge in [-0.1, -0.05) is 34.1 Å². The minimum Gasteiger partial charge on any atom is -0.349 e. The summed E-state index contributed by atoms with van der Waals surface area (Å²) >= 11 is 0. The Morgan fingerprint density at radius 1 is 1.25 bits per heavy atom. The van der Waals surface area contributed by atoms with E-state index in [4.69, 9.17) is 0 Å². The lowest BCUT2D eigenvalue weighted by molar-refractivity contribution is 0.0933. The minimum atomic E-state index is -0.287. The van der Waals surface area contributed by atoms with Gasteiger partial charge in [0.25, 0.3) is 11.5 Å². The number of aryl methyl sites for hydroxylation is 2. The van der Waals surface area contributed by atoms with Crippen molar-refractivity contribution in [2.75, 3.05) is 0 Å². The molecule has 4 nitrogen and oxygen atoms in total. The summed E-state index contributed by atoms with van der Waals surface area (Å²) in [7, 11) is 0. The first-order chi connectivity index (χ1) is 9.57. The number of nitrogens with one attached hydrogen (secondary N) is 2. The fourth-order valence-corrected chi connectivity index (χ4v) is 2.34. The van der Waals surface area contributed by atoms with Crippen LogP contribution < -0.4 is 10.9 Å². The molecule has 0 radical (unpaired) electrons. The van der Waals surface area contributed by atoms with Crippen molar-refractivity contribution in [1.29, 1.82) is 0 Å². The SMILES string of the molecule is CCCc1cc(C(=O)NC(CC)CC)c(=O)[nH]c1CC. The molecule has 0 aliphatic heterocycles. The van der Waals surface area contributed by atoms with E-state index in [9.17, 15) is 9.59 Å². The Hall–Kier alpha value is -1.58. The number of carbonyl (C=O) groups excluding carboxylic acids is 1. The third-order valence-corrected chi connectivity index (χ3v) is 3.65. The number of hydrogen-bond donors (Lipinski definition) is 2. The lowest BCUT2D eigenvalue weighted by atomic mass is 10.0. The lowest BCUT2D eigenvalue weighted by Gasteiger charge is -2.15. The predicted molar refractivity (Wildman–Crippen MR) is 82.3 cm³/mol. The summed E-state index contributed by atoms with van der Waals surface area (Å²) in [5, 5.41) is 2.92. The summed E-state index contributed by atoms with van der Waals surface area (Å²) < 4.78 is 0. The van der Waals surface area contributed by atoms with Crippen molar-refractivity contribution in [3.05, 3.63) is 33.2 Å². The fourth-order valence-electron chi connectivity index (χ4n) is 2.34. The highest BCUT2D eigenvalue weighted by Gasteiger charge is 2.16. The van der Waals surface area contributed by atoms with Crippen LogP contribution in [0.4, 0.5) is 0 Å². The summed E-state index contributed by atoms with van der Waals surface area (Å²) in [5.74, 6) is -0.264. The van der Waals surface area contributed by atoms with Crippen LogP contribution in [0.15, 0.2) is 10.9 Å². The zero-order valence-corrected chi connectivity index (χ0v) is 13.0. The van der Waals surface area contributed by atoms with Gasteiger partial charge in [-0.3, -0.25) is 9.59 Å². The molecule has 0 atom stereocenters. The van der Waals surface area contributed by atoms with E-state index in [1.807, 2.05) is 20.8 Å². The van der Waals surface area contributed by atoms with E-state index in [-0.39, 0.29) is 23.1 Å². The zero-order chi connectivity index (χ0) is 15.1. The second-order valence-electron chi connectivity index (χ2n) is 5.11. The monoisotopic (exact) mass is 278 g/mol. The second kappa shape index (κ2) is 7.88. The Kier molecular flexibility index (Phi) is 6.49. The summed E-state index contributed by atoms with van der Waals surface area (Å²) in [6, 6.07) is 1.89. The average Bonchev–Trinajstić information content (AvgIpc) is 2.45. The van der Waals surface area contributed by atoms with Crippen molar-refractivity contribution >= 4 is 5.91 Å². The van der Waals surface area contributed by atoms with Gasteiger partial charge in [-0.05, 0) is 37.3 Å². The maximum Gasteiger partial charge on any atom is 0.261 e. The molecule has 1 rings (SSSR count). The number of aromatic amines is 1. The molecule has 0 bridgehead atoms. The molecule has 2 N–H and O–H groups in total. The van der Waals surface area contributed by atoms with Gasteiger partial charge >= 0.3 is 0 Å². The molecule has 0 aromatic carbocycles. The first-order valence-electron chi connectivity index (χ1n) is 7.63. The lowest BCUT2D eigenvalue weighted by Crippen LogP contribution is -2.37. The molecule has 4 heteroatoms. The maximum atomic E-state index is 12.2. The van der Waals surface area contributed by atoms with Gasteiger partial charge < -0.3 is 10.3 Å². The van der Waals surface area contributed by atoms with E-state index in [2.05, 4.69) is 17.2 Å². The van der Waals surface area contributed by atoms with Gasteiger partial charge in [0.2, 0.25) is 0 Å². The smallest absolute Gasteiger partial charge is 0.261 e. The van der Waals surface area contributed by atoms with Gasteiger partial charge in [-0.15, -0.1) is 0 Å². The molecule has 112 valence electrons. The summed E-state index contributed by atoms with van der Waals surface area (Å²) in [6.07, 6.45) is 4.39. The first kappa shape index (κ1) is 16.5. The van der Waals surface area contributed by atoms with Crippen LogP contribution >= 0.6 is 0 Å². The standard InChI is InChI=1S/C16H26N2O2/c1-5-9-11-10-13(16(20)18-14(11)8-4)15(19)17-12(6-2)7-3/h10,12H,5-9H2,1-4H3,(H,17,19)(H,18,20). The number of carbonyl (C=O) groups is 1. The van der Waals surface area contributed by atoms with E-state index in [1.165, 1.54) is 0 Å². The van der Waals surface area contributed by atoms with Gasteiger partial charge in [0.15, 0.2) is 0 Å². The fraction of sp³-hybridized carbons (Fsp3) is 0.625. The maximum absolute atomic E-state index is 12.2. The van der Waals surface area contributed by atoms with E-state index in [0.717, 1.165) is 43.4 Å². The van der Waals surface area contributed by atoms with Gasteiger partial charge in [0, 0.05) is 11.7 Å². The van der Waals surface area contributed by atoms with Crippen molar-refractivity contribution in [3.63, 3.8) is 0 Å². The molecular formula is C16H26N2O2. The molecule has 1 amide bonds. The highest BCUT2D eigenvalue weighted by Crippen LogP contribution is 2.10. The molecule has 1 aromatic heterocycles. The van der Waals surface area contributed by atoms with Crippen molar-refractivity contribution in [2.24, 2.45) is 0 Å². The van der Waals surface area contributed by atoms with E-state index in [0.29, 0.717) is 0 Å². The Bertz CT molecular complexity index is 502. The van der Waals surface area contributed by atoms with Crippen LogP contribution in [-0.2, 0) is 12.8 Å². The molecule has 20 heavy (non-hydrogen) atoms. The van der Waals surface area contributed by atoms with Gasteiger partial charge in [-0.25, -0.2) is 0 Å². The minimum absolute atomic E-state index is 0.127. The Labute approximate surface area is 121 Å². The van der Waals surface area contributed by atoms with Crippen molar-refractivity contribution < 1.29 is 4.79 Å². The summed E-state index contributed by atoms with van der Waals surface area (Å²) in [5.41, 5.74) is 1.96. The number of hydrogen-bond acceptors (Lipinski definition) is 2. The number of amides is 1. The third kappa shape index (κ3) is 3.95. The second-order valence-corrected chi connectivity index (χ2v) is 5.11. The Morgan fingerprint density at radius 3 is 2.40 bits per heavy atom. The molecule has 0 aliphatic carbocycles. The van der Waals surface area contributed by atoms with E-state index < -0.39 is 0 Å². The average molecular weight is 278 g/mol. The van der Waals surface area contributed by atoms with Crippen molar-refractivity contribution in [3.8, 4) is 0 Å². The molecule has 0 spiro atoms. The molecule has 0 aliphatic rings. The molecule has 1 heterocycles. The topological polar surface area (TPSA) is 62.0 Å². The normalized spacial score (nSPS) is 10.8. The van der Waals surface area contributed by atoms with Gasteiger partial charge in [-0.2, -0.15) is 0 Å². The van der Waals surface area contributed by atoms with E-state index >= 15 is 0 Å². The molecular weight excluding hydrogens is 252 g/mol. The Balaban J connectivity index is 3.08. The van der Waals surface area contributed by atoms with Crippen LogP contribution in [0.1, 0.15) is 68.6 Å². The molecule has 0 saturated heterocycles. The summed E-state index contributed by atoms with van der Waals surface area (Å²) in [4.78, 5) is 27.1. The van der Waals surface area contributed by atoms with Crippen molar-refractivity contribution in [2.45, 2.75) is 65.8 Å². The number of aromatic nitrogens is 1. The third-order valence-electron chi connectivity index (χ3n) is 3.65. The van der Waals surface area contributed by atoms with E-state index in [1.54, 1.807) is 6.07 Å². The Morgan fingerprint density at radius 2 is 1.90 bits per heavy atom. The quantitative estimate of drug-likeness (QED) is 0.805. The van der Waals surface area contributed by atoms with Gasteiger partial charge in [0.05, 0.1) is 0 Å². The van der Waals surface area contributed by atoms with Crippen LogP contribution in [-0.4, -0.2) is 16.9 Å².